The van der Waals surface area contributed by atoms with Crippen molar-refractivity contribution in [2.24, 2.45) is 5.73 Å². The lowest BCUT2D eigenvalue weighted by Crippen LogP contribution is -2.13. The number of nitrogens with zero attached hydrogens (tertiary/aromatic N) is 1. The molecular weight excluding hydrogens is 196 g/mol. The molecule has 82 valence electrons. The van der Waals surface area contributed by atoms with Crippen molar-refractivity contribution in [2.45, 2.75) is 19.4 Å². The van der Waals surface area contributed by atoms with E-state index in [0.717, 1.165) is 17.7 Å². The highest BCUT2D eigenvalue weighted by Gasteiger charge is 2.09. The first kappa shape index (κ1) is 10.8. The molecule has 0 aliphatic heterocycles. The van der Waals surface area contributed by atoms with Gasteiger partial charge in [0.05, 0.1) is 11.7 Å². The molecule has 1 heterocycles. The van der Waals surface area contributed by atoms with Crippen molar-refractivity contribution >= 4 is 0 Å². The number of nitrogens with two attached hydrogens (primary N) is 1. The van der Waals surface area contributed by atoms with Crippen LogP contribution in [0.1, 0.15) is 29.8 Å². The highest BCUT2D eigenvalue weighted by molar-refractivity contribution is 5.30. The third kappa shape index (κ3) is 2.28. The molecule has 1 atom stereocenters. The predicted octanol–water partition coefficient (Wildman–Crippen LogP) is 2.69. The lowest BCUT2D eigenvalue weighted by Gasteiger charge is -2.12. The van der Waals surface area contributed by atoms with Gasteiger partial charge >= 0.3 is 0 Å². The molecule has 0 bridgehead atoms. The highest BCUT2D eigenvalue weighted by atomic mass is 14.8. The van der Waals surface area contributed by atoms with Gasteiger partial charge in [-0.1, -0.05) is 37.3 Å². The van der Waals surface area contributed by atoms with Gasteiger partial charge in [-0.3, -0.25) is 4.98 Å². The van der Waals surface area contributed by atoms with Crippen LogP contribution in [0.3, 0.4) is 0 Å². The average molecular weight is 212 g/mol. The first-order chi connectivity index (χ1) is 7.81. The smallest absolute Gasteiger partial charge is 0.0726 e. The van der Waals surface area contributed by atoms with E-state index in [1.807, 2.05) is 18.2 Å². The van der Waals surface area contributed by atoms with Crippen LogP contribution in [0.2, 0.25) is 0 Å². The highest BCUT2D eigenvalue weighted by Crippen LogP contribution is 2.18. The summed E-state index contributed by atoms with van der Waals surface area (Å²) in [4.78, 5) is 4.29. The van der Waals surface area contributed by atoms with Crippen molar-refractivity contribution in [1.82, 2.24) is 4.98 Å². The van der Waals surface area contributed by atoms with Gasteiger partial charge in [0.25, 0.3) is 0 Å². The second kappa shape index (κ2) is 4.90. The minimum atomic E-state index is -0.132. The SMILES string of the molecule is CCc1cccc(C(N)c2ccccn2)c1. The van der Waals surface area contributed by atoms with E-state index in [4.69, 9.17) is 5.73 Å². The van der Waals surface area contributed by atoms with Gasteiger partial charge in [-0.15, -0.1) is 0 Å². The van der Waals surface area contributed by atoms with Crippen molar-refractivity contribution in [2.75, 3.05) is 0 Å². The third-order valence-electron chi connectivity index (χ3n) is 2.72. The van der Waals surface area contributed by atoms with Crippen molar-refractivity contribution in [3.8, 4) is 0 Å². The summed E-state index contributed by atoms with van der Waals surface area (Å²) >= 11 is 0. The molecule has 2 aromatic rings. The number of aryl methyl sites for hydroxylation is 1. The molecule has 0 aliphatic carbocycles. The Kier molecular flexibility index (Phi) is 3.32. The quantitative estimate of drug-likeness (QED) is 0.849. The fourth-order valence-electron chi connectivity index (χ4n) is 1.74. The summed E-state index contributed by atoms with van der Waals surface area (Å²) in [5.74, 6) is 0. The van der Waals surface area contributed by atoms with Crippen molar-refractivity contribution in [3.05, 3.63) is 65.5 Å². The molecule has 0 aliphatic rings. The van der Waals surface area contributed by atoms with E-state index in [1.54, 1.807) is 6.20 Å². The fourth-order valence-corrected chi connectivity index (χ4v) is 1.74. The van der Waals surface area contributed by atoms with Crippen LogP contribution in [0.5, 0.6) is 0 Å². The minimum absolute atomic E-state index is 0.132. The van der Waals surface area contributed by atoms with E-state index in [0.29, 0.717) is 0 Å². The molecule has 0 amide bonds. The van der Waals surface area contributed by atoms with Crippen LogP contribution in [0.15, 0.2) is 48.7 Å². The van der Waals surface area contributed by atoms with Gasteiger partial charge in [-0.05, 0) is 29.7 Å². The Bertz CT molecular complexity index is 451. The van der Waals surface area contributed by atoms with E-state index in [-0.39, 0.29) is 6.04 Å². The molecule has 0 spiro atoms. The summed E-state index contributed by atoms with van der Waals surface area (Å²) in [5.41, 5.74) is 9.52. The first-order valence-corrected chi connectivity index (χ1v) is 5.56. The normalized spacial score (nSPS) is 12.4. The number of benzene rings is 1. The van der Waals surface area contributed by atoms with Gasteiger partial charge in [0.2, 0.25) is 0 Å². The van der Waals surface area contributed by atoms with Crippen LogP contribution in [0, 0.1) is 0 Å². The Morgan fingerprint density at radius 2 is 2.06 bits per heavy atom. The molecule has 2 rings (SSSR count). The molecule has 1 aromatic heterocycles. The van der Waals surface area contributed by atoms with E-state index in [1.165, 1.54) is 5.56 Å². The summed E-state index contributed by atoms with van der Waals surface area (Å²) in [5, 5.41) is 0. The van der Waals surface area contributed by atoms with E-state index < -0.39 is 0 Å². The minimum Gasteiger partial charge on any atom is -0.319 e. The van der Waals surface area contributed by atoms with Crippen LogP contribution in [0.4, 0.5) is 0 Å². The summed E-state index contributed by atoms with van der Waals surface area (Å²) < 4.78 is 0. The average Bonchev–Trinajstić information content (AvgIpc) is 2.39. The molecular formula is C14H16N2. The largest absolute Gasteiger partial charge is 0.319 e. The molecule has 0 fully saturated rings. The van der Waals surface area contributed by atoms with Crippen LogP contribution >= 0.6 is 0 Å². The van der Waals surface area contributed by atoms with Gasteiger partial charge in [0, 0.05) is 6.20 Å². The number of aromatic nitrogens is 1. The standard InChI is InChI=1S/C14H16N2/c1-2-11-6-5-7-12(10-11)14(15)13-8-3-4-9-16-13/h3-10,14H,2,15H2,1H3. The van der Waals surface area contributed by atoms with Crippen LogP contribution in [-0.2, 0) is 6.42 Å². The van der Waals surface area contributed by atoms with E-state index in [2.05, 4.69) is 36.2 Å². The van der Waals surface area contributed by atoms with Crippen LogP contribution < -0.4 is 5.73 Å². The molecule has 1 aromatic carbocycles. The third-order valence-corrected chi connectivity index (χ3v) is 2.72. The zero-order chi connectivity index (χ0) is 11.4. The first-order valence-electron chi connectivity index (χ1n) is 5.56. The summed E-state index contributed by atoms with van der Waals surface area (Å²) in [6.07, 6.45) is 2.81. The molecule has 2 nitrogen and oxygen atoms in total. The van der Waals surface area contributed by atoms with E-state index >= 15 is 0 Å². The molecule has 1 unspecified atom stereocenters. The number of pyridine rings is 1. The molecule has 16 heavy (non-hydrogen) atoms. The monoisotopic (exact) mass is 212 g/mol. The Balaban J connectivity index is 2.30. The predicted molar refractivity (Wildman–Crippen MR) is 66.1 cm³/mol. The number of rotatable bonds is 3. The topological polar surface area (TPSA) is 38.9 Å². The molecule has 0 saturated heterocycles. The van der Waals surface area contributed by atoms with Gasteiger partial charge < -0.3 is 5.73 Å². The van der Waals surface area contributed by atoms with E-state index in [9.17, 15) is 0 Å². The second-order valence-electron chi connectivity index (χ2n) is 3.83. The molecule has 0 saturated carbocycles. The molecule has 2 N–H and O–H groups in total. The summed E-state index contributed by atoms with van der Waals surface area (Å²) in [6, 6.07) is 14.1. The maximum absolute atomic E-state index is 6.18. The maximum atomic E-state index is 6.18. The molecule has 0 radical (unpaired) electrons. The van der Waals surface area contributed by atoms with Crippen LogP contribution in [-0.4, -0.2) is 4.98 Å². The Hall–Kier alpha value is -1.67. The lowest BCUT2D eigenvalue weighted by molar-refractivity contribution is 0.826. The summed E-state index contributed by atoms with van der Waals surface area (Å²) in [6.45, 7) is 2.14. The second-order valence-corrected chi connectivity index (χ2v) is 3.83. The fraction of sp³-hybridized carbons (Fsp3) is 0.214. The van der Waals surface area contributed by atoms with Gasteiger partial charge in [0.1, 0.15) is 0 Å². The number of hydrogen-bond donors (Lipinski definition) is 1. The Labute approximate surface area is 96.1 Å². The zero-order valence-electron chi connectivity index (χ0n) is 9.43. The van der Waals surface area contributed by atoms with Gasteiger partial charge in [-0.2, -0.15) is 0 Å². The van der Waals surface area contributed by atoms with Crippen molar-refractivity contribution < 1.29 is 0 Å². The van der Waals surface area contributed by atoms with Gasteiger partial charge in [0.15, 0.2) is 0 Å². The summed E-state index contributed by atoms with van der Waals surface area (Å²) in [7, 11) is 0. The molecule has 2 heteroatoms. The zero-order valence-corrected chi connectivity index (χ0v) is 9.43. The Morgan fingerprint density at radius 3 is 2.75 bits per heavy atom. The Morgan fingerprint density at radius 1 is 1.19 bits per heavy atom. The van der Waals surface area contributed by atoms with Crippen molar-refractivity contribution in [3.63, 3.8) is 0 Å². The van der Waals surface area contributed by atoms with Crippen molar-refractivity contribution in [1.29, 1.82) is 0 Å². The van der Waals surface area contributed by atoms with Gasteiger partial charge in [-0.25, -0.2) is 0 Å². The number of hydrogen-bond acceptors (Lipinski definition) is 2. The lowest BCUT2D eigenvalue weighted by atomic mass is 10.0. The maximum Gasteiger partial charge on any atom is 0.0726 e. The van der Waals surface area contributed by atoms with Crippen LogP contribution in [0.25, 0.3) is 0 Å².